The van der Waals surface area contributed by atoms with Crippen LogP contribution >= 0.6 is 0 Å². The predicted molar refractivity (Wildman–Crippen MR) is 255 cm³/mol. The van der Waals surface area contributed by atoms with Gasteiger partial charge in [-0.25, -0.2) is 37.5 Å². The number of fused-ring (bicyclic) bond motifs is 5. The fourth-order valence-electron chi connectivity index (χ4n) is 7.70. The zero-order valence-corrected chi connectivity index (χ0v) is 38.9. The van der Waals surface area contributed by atoms with E-state index in [9.17, 15) is 32.1 Å². The number of rotatable bonds is 3. The van der Waals surface area contributed by atoms with Crippen molar-refractivity contribution in [1.82, 2.24) is 35.7 Å². The molecule has 71 heavy (non-hydrogen) atoms. The van der Waals surface area contributed by atoms with Crippen LogP contribution in [-0.2, 0) is 0 Å². The van der Waals surface area contributed by atoms with Crippen molar-refractivity contribution in [2.75, 3.05) is 67.9 Å². The van der Waals surface area contributed by atoms with Crippen LogP contribution in [0.5, 0.6) is 0 Å². The first-order chi connectivity index (χ1) is 34.0. The van der Waals surface area contributed by atoms with Crippen LogP contribution in [0.15, 0.2) is 88.9 Å². The van der Waals surface area contributed by atoms with Gasteiger partial charge in [0.1, 0.15) is 45.3 Å². The van der Waals surface area contributed by atoms with E-state index in [4.69, 9.17) is 27.9 Å². The number of nitrogens with two attached hydrogens (primary N) is 1. The smallest absolute Gasteiger partial charge is 0.307 e. The van der Waals surface area contributed by atoms with Crippen LogP contribution < -0.4 is 26.2 Å². The lowest BCUT2D eigenvalue weighted by Gasteiger charge is -2.29. The molecular weight excluding hydrogens is 938 g/mol. The highest BCUT2D eigenvalue weighted by Gasteiger charge is 2.20. The van der Waals surface area contributed by atoms with E-state index in [0.717, 1.165) is 81.1 Å². The van der Waals surface area contributed by atoms with Crippen LogP contribution in [0.1, 0.15) is 29.3 Å². The van der Waals surface area contributed by atoms with Crippen molar-refractivity contribution in [3.05, 3.63) is 135 Å². The number of aromatic nitrogens is 5. The van der Waals surface area contributed by atoms with Gasteiger partial charge in [-0.15, -0.1) is 0 Å². The van der Waals surface area contributed by atoms with Crippen LogP contribution in [0.2, 0.25) is 0 Å². The Morgan fingerprint density at radius 1 is 0.549 bits per heavy atom. The molecule has 2 aliphatic heterocycles. The molecule has 0 bridgehead atoms. The molecule has 5 aromatic carbocycles. The number of nitrogens with one attached hydrogen (secondary N) is 2. The van der Waals surface area contributed by atoms with Gasteiger partial charge in [-0.1, -0.05) is 5.16 Å². The van der Waals surface area contributed by atoms with Crippen LogP contribution in [0.3, 0.4) is 0 Å². The summed E-state index contributed by atoms with van der Waals surface area (Å²) in [5.41, 5.74) is 11.4. The normalized spacial score (nSPS) is 13.6. The molecule has 0 radical (unpaired) electrons. The van der Waals surface area contributed by atoms with Crippen molar-refractivity contribution < 1.29 is 49.1 Å². The number of hydrogen-bond acceptors (Lipinski definition) is 17. The van der Waals surface area contributed by atoms with E-state index in [1.807, 2.05) is 16.7 Å². The topological polar surface area (TPSA) is 230 Å². The fraction of sp³-hybridized carbons (Fsp3) is 0.271. The molecule has 18 nitrogen and oxygen atoms in total. The summed E-state index contributed by atoms with van der Waals surface area (Å²) in [6.07, 6.45) is 0. The molecule has 5 aromatic heterocycles. The SMILES string of the molecule is Cc1nc2cc(N)c(F)cc2o1.Cc1nc2cc(N3CCNCC3)c(F)cc2o1.Cc1nc2cc([N+](=O)[O-])c(F)cc2o1.Cc1nc2ccc(F)cc2o1.Cc1noc2cc(N3CCNCC3)c(F)cc12. The second-order valence-corrected chi connectivity index (χ2v) is 16.2. The Hall–Kier alpha value is -8.18. The largest absolute Gasteiger partial charge is 0.441 e. The summed E-state index contributed by atoms with van der Waals surface area (Å²) in [7, 11) is 0. The van der Waals surface area contributed by atoms with E-state index in [-0.39, 0.29) is 34.2 Å². The van der Waals surface area contributed by atoms with E-state index in [0.29, 0.717) is 68.3 Å². The van der Waals surface area contributed by atoms with Gasteiger partial charge in [-0.05, 0) is 37.3 Å². The minimum absolute atomic E-state index is 0.0933. The molecule has 4 N–H and O–H groups in total. The number of nitro benzene ring substituents is 1. The zero-order valence-electron chi connectivity index (χ0n) is 38.9. The molecule has 12 rings (SSSR count). The van der Waals surface area contributed by atoms with Gasteiger partial charge >= 0.3 is 5.69 Å². The number of nitrogen functional groups attached to an aromatic ring is 1. The first-order valence-electron chi connectivity index (χ1n) is 22.1. The van der Waals surface area contributed by atoms with Gasteiger partial charge in [0.2, 0.25) is 5.82 Å². The first kappa shape index (κ1) is 49.2. The Morgan fingerprint density at radius 3 is 1.55 bits per heavy atom. The molecule has 0 saturated carbocycles. The van der Waals surface area contributed by atoms with E-state index in [1.54, 1.807) is 45.9 Å². The first-order valence-corrected chi connectivity index (χ1v) is 22.1. The molecule has 23 heteroatoms. The number of halogens is 5. The van der Waals surface area contributed by atoms with Crippen LogP contribution in [0.25, 0.3) is 55.4 Å². The lowest BCUT2D eigenvalue weighted by molar-refractivity contribution is -0.387. The summed E-state index contributed by atoms with van der Waals surface area (Å²) in [5, 5.41) is 21.5. The molecule has 0 unspecified atom stereocenters. The third-order valence-corrected chi connectivity index (χ3v) is 11.0. The number of benzene rings is 5. The van der Waals surface area contributed by atoms with Crippen LogP contribution in [0, 0.1) is 73.8 Å². The van der Waals surface area contributed by atoms with Crippen molar-refractivity contribution in [1.29, 1.82) is 0 Å². The Balaban J connectivity index is 0.000000120. The van der Waals surface area contributed by atoms with Gasteiger partial charge in [0.05, 0.1) is 27.7 Å². The lowest BCUT2D eigenvalue weighted by Crippen LogP contribution is -2.43. The molecule has 0 aliphatic carbocycles. The van der Waals surface area contributed by atoms with Gasteiger partial charge in [0.15, 0.2) is 51.5 Å². The molecule has 0 amide bonds. The average Bonchev–Trinajstić information content (AvgIpc) is 4.16. The Morgan fingerprint density at radius 2 is 1.00 bits per heavy atom. The predicted octanol–water partition coefficient (Wildman–Crippen LogP) is 9.69. The number of hydrogen-bond donors (Lipinski definition) is 3. The van der Waals surface area contributed by atoms with E-state index < -0.39 is 22.2 Å². The van der Waals surface area contributed by atoms with Crippen molar-refractivity contribution in [2.45, 2.75) is 34.6 Å². The summed E-state index contributed by atoms with van der Waals surface area (Å²) in [4.78, 5) is 29.8. The second-order valence-electron chi connectivity index (χ2n) is 16.2. The maximum atomic E-state index is 14.0. The summed E-state index contributed by atoms with van der Waals surface area (Å²) >= 11 is 0. The van der Waals surface area contributed by atoms with E-state index >= 15 is 0 Å². The monoisotopic (exact) mass is 983 g/mol. The van der Waals surface area contributed by atoms with E-state index in [1.165, 1.54) is 36.4 Å². The maximum Gasteiger partial charge on any atom is 0.307 e. The van der Waals surface area contributed by atoms with Crippen molar-refractivity contribution in [2.24, 2.45) is 0 Å². The third-order valence-electron chi connectivity index (χ3n) is 11.0. The minimum Gasteiger partial charge on any atom is -0.441 e. The third kappa shape index (κ3) is 11.6. The molecule has 0 atom stereocenters. The van der Waals surface area contributed by atoms with Crippen LogP contribution in [0.4, 0.5) is 44.7 Å². The summed E-state index contributed by atoms with van der Waals surface area (Å²) in [6.45, 7) is 15.4. The number of nitro groups is 1. The van der Waals surface area contributed by atoms with Gasteiger partial charge in [-0.2, -0.15) is 4.39 Å². The molecule has 2 aliphatic rings. The number of nitrogens with zero attached hydrogens (tertiary/aromatic N) is 8. The van der Waals surface area contributed by atoms with Gasteiger partial charge < -0.3 is 48.4 Å². The molecule has 2 fully saturated rings. The number of anilines is 3. The van der Waals surface area contributed by atoms with Gasteiger partial charge in [0.25, 0.3) is 0 Å². The van der Waals surface area contributed by atoms with Crippen LogP contribution in [-0.4, -0.2) is 82.4 Å². The highest BCUT2D eigenvalue weighted by Crippen LogP contribution is 2.30. The zero-order chi connectivity index (χ0) is 50.5. The van der Waals surface area contributed by atoms with Gasteiger partial charge in [0, 0.05) is 122 Å². The van der Waals surface area contributed by atoms with Crippen molar-refractivity contribution in [3.63, 3.8) is 0 Å². The molecule has 10 aromatic rings. The highest BCUT2D eigenvalue weighted by molar-refractivity contribution is 5.83. The second kappa shape index (κ2) is 21.2. The van der Waals surface area contributed by atoms with Crippen molar-refractivity contribution in [3.8, 4) is 0 Å². The molecular formula is C48H46F5N11O7. The Bertz CT molecular complexity index is 3440. The summed E-state index contributed by atoms with van der Waals surface area (Å²) in [5.74, 6) is -0.149. The van der Waals surface area contributed by atoms with Gasteiger partial charge in [-0.3, -0.25) is 10.1 Å². The average molecular weight is 984 g/mol. The summed E-state index contributed by atoms with van der Waals surface area (Å²) in [6, 6.07) is 15.5. The molecule has 370 valence electrons. The Kier molecular flexibility index (Phi) is 14.7. The van der Waals surface area contributed by atoms with Crippen molar-refractivity contribution >= 4 is 78.1 Å². The Labute approximate surface area is 399 Å². The standard InChI is InChI=1S/2C12H14FN3O.C8H5FN2O3.C8H7FN2O.C8H6FNO/c1-8-15-10-7-11(9(13)6-12(10)17-8)16-4-2-14-3-5-16;1-8-9-6-10(13)11(7-12(9)17-15-8)16-4-2-14-3-5-16;1-4-10-6-3-7(11(12)13)5(9)2-8(6)14-4;1-4-11-7-3-6(10)5(9)2-8(7)12-4;1-5-10-7-3-2-6(9)4-8(7)11-5/h2*6-7,14H,2-5H2,1H3;2-3H,1H3;2-3H,10H2,1H3;2-4H,1H3. The summed E-state index contributed by atoms with van der Waals surface area (Å²) < 4.78 is 92.1. The van der Waals surface area contributed by atoms with E-state index in [2.05, 4.69) is 35.7 Å². The lowest BCUT2D eigenvalue weighted by atomic mass is 10.1. The molecule has 7 heterocycles. The number of aryl methyl sites for hydroxylation is 5. The molecule has 2 saturated heterocycles. The molecule has 0 spiro atoms. The maximum absolute atomic E-state index is 14.0. The highest BCUT2D eigenvalue weighted by atomic mass is 19.1. The minimum atomic E-state index is -0.918. The number of piperazine rings is 2. The number of oxazole rings is 4. The fourth-order valence-corrected chi connectivity index (χ4v) is 7.70. The quantitative estimate of drug-likeness (QED) is 0.0647.